The number of ether oxygens (including phenoxy) is 1. The van der Waals surface area contributed by atoms with Crippen LogP contribution in [0.3, 0.4) is 0 Å². The third-order valence-electron chi connectivity index (χ3n) is 7.38. The van der Waals surface area contributed by atoms with Gasteiger partial charge in [-0.3, -0.25) is 4.79 Å². The van der Waals surface area contributed by atoms with Crippen LogP contribution in [-0.4, -0.2) is 52.7 Å². The van der Waals surface area contributed by atoms with E-state index >= 15 is 0 Å². The van der Waals surface area contributed by atoms with Crippen molar-refractivity contribution in [2.45, 2.75) is 43.2 Å². The summed E-state index contributed by atoms with van der Waals surface area (Å²) in [5.41, 5.74) is 3.25. The normalized spacial score (nSPS) is 23.0. The van der Waals surface area contributed by atoms with Crippen molar-refractivity contribution in [3.05, 3.63) is 59.7 Å². The van der Waals surface area contributed by atoms with Gasteiger partial charge in [-0.15, -0.1) is 12.3 Å². The first kappa shape index (κ1) is 22.0. The van der Waals surface area contributed by atoms with Crippen LogP contribution in [0.5, 0.6) is 0 Å². The number of carbonyl (C=O) groups is 3. The molecule has 1 unspecified atom stereocenters. The lowest BCUT2D eigenvalue weighted by Crippen LogP contribution is -2.57. The largest absolute Gasteiger partial charge is 0.479 e. The Balaban J connectivity index is 1.28. The van der Waals surface area contributed by atoms with Crippen molar-refractivity contribution in [3.8, 4) is 23.5 Å². The number of piperidine rings is 1. The lowest BCUT2D eigenvalue weighted by atomic mass is 9.98. The summed E-state index contributed by atoms with van der Waals surface area (Å²) in [4.78, 5) is 39.3. The highest BCUT2D eigenvalue weighted by atomic mass is 16.5. The van der Waals surface area contributed by atoms with Gasteiger partial charge in [-0.2, -0.15) is 0 Å². The van der Waals surface area contributed by atoms with Crippen LogP contribution in [0.2, 0.25) is 0 Å². The fourth-order valence-electron chi connectivity index (χ4n) is 5.66. The molecular weight excluding hydrogens is 432 g/mol. The van der Waals surface area contributed by atoms with E-state index in [1.54, 1.807) is 0 Å². The van der Waals surface area contributed by atoms with Crippen LogP contribution < -0.4 is 5.32 Å². The molecule has 0 bridgehead atoms. The van der Waals surface area contributed by atoms with Gasteiger partial charge >= 0.3 is 12.1 Å². The highest BCUT2D eigenvalue weighted by Crippen LogP contribution is 2.54. The molecule has 7 nitrogen and oxygen atoms in total. The first-order valence-corrected chi connectivity index (χ1v) is 11.6. The highest BCUT2D eigenvalue weighted by Gasteiger charge is 2.67. The standard InChI is InChI=1S/C27H26N2O5/c1-2-8-23(24(30)29-14-7-9-17-15-27(17,29)25(31)32)28-26(33)34-16-22-20-12-5-3-10-18(20)19-11-4-6-13-21(19)22/h1,3-6,10-13,17,22-23H,7-9,14-16H2,(H,28,33)(H,31,32)/t17-,23?,27+/m0/s1. The molecule has 3 atom stereocenters. The average Bonchev–Trinajstić information content (AvgIpc) is 3.53. The van der Waals surface area contributed by atoms with Crippen LogP contribution >= 0.6 is 0 Å². The Morgan fingerprint density at radius 1 is 1.15 bits per heavy atom. The third kappa shape index (κ3) is 3.50. The summed E-state index contributed by atoms with van der Waals surface area (Å²) in [5.74, 6) is 0.820. The summed E-state index contributed by atoms with van der Waals surface area (Å²) >= 11 is 0. The van der Waals surface area contributed by atoms with E-state index in [0.717, 1.165) is 35.1 Å². The molecular formula is C27H26N2O5. The van der Waals surface area contributed by atoms with Crippen LogP contribution in [0.15, 0.2) is 48.5 Å². The quantitative estimate of drug-likeness (QED) is 0.647. The summed E-state index contributed by atoms with van der Waals surface area (Å²) in [6, 6.07) is 15.0. The molecule has 1 saturated carbocycles. The number of nitrogens with zero attached hydrogens (tertiary/aromatic N) is 1. The Labute approximate surface area is 198 Å². The summed E-state index contributed by atoms with van der Waals surface area (Å²) in [7, 11) is 0. The minimum atomic E-state index is -1.16. The van der Waals surface area contributed by atoms with E-state index in [1.807, 2.05) is 36.4 Å². The maximum Gasteiger partial charge on any atom is 0.407 e. The summed E-state index contributed by atoms with van der Waals surface area (Å²) in [5, 5.41) is 12.4. The second-order valence-electron chi connectivity index (χ2n) is 9.19. The SMILES string of the molecule is C#CCC(NC(=O)OCC1c2ccccc2-c2ccccc21)C(=O)N1CCC[C@H]2C[C@]21C(=O)O. The van der Waals surface area contributed by atoms with E-state index in [9.17, 15) is 19.5 Å². The number of aliphatic carboxylic acids is 1. The Bertz CT molecular complexity index is 1160. The van der Waals surface area contributed by atoms with Crippen molar-refractivity contribution in [3.63, 3.8) is 0 Å². The number of rotatable bonds is 6. The van der Waals surface area contributed by atoms with Gasteiger partial charge in [0.15, 0.2) is 0 Å². The molecule has 1 aliphatic heterocycles. The predicted molar refractivity (Wildman–Crippen MR) is 125 cm³/mol. The Morgan fingerprint density at radius 2 is 1.79 bits per heavy atom. The monoisotopic (exact) mass is 458 g/mol. The van der Waals surface area contributed by atoms with Gasteiger partial charge < -0.3 is 20.1 Å². The first-order chi connectivity index (χ1) is 16.5. The molecule has 34 heavy (non-hydrogen) atoms. The summed E-state index contributed by atoms with van der Waals surface area (Å²) < 4.78 is 5.56. The van der Waals surface area contributed by atoms with E-state index in [2.05, 4.69) is 23.4 Å². The van der Waals surface area contributed by atoms with Crippen LogP contribution in [0.1, 0.15) is 42.7 Å². The van der Waals surface area contributed by atoms with Crippen molar-refractivity contribution in [2.24, 2.45) is 5.92 Å². The van der Waals surface area contributed by atoms with Gasteiger partial charge in [0.05, 0.1) is 0 Å². The molecule has 1 heterocycles. The van der Waals surface area contributed by atoms with Crippen molar-refractivity contribution in [2.75, 3.05) is 13.2 Å². The number of hydrogen-bond acceptors (Lipinski definition) is 4. The van der Waals surface area contributed by atoms with Crippen molar-refractivity contribution in [1.29, 1.82) is 0 Å². The van der Waals surface area contributed by atoms with Gasteiger partial charge in [0.2, 0.25) is 5.91 Å². The molecule has 2 aromatic carbocycles. The second kappa shape index (κ2) is 8.53. The molecule has 2 fully saturated rings. The molecule has 1 saturated heterocycles. The highest BCUT2D eigenvalue weighted by molar-refractivity contribution is 5.94. The number of nitrogens with one attached hydrogen (secondary N) is 1. The number of likely N-dealkylation sites (tertiary alicyclic amines) is 1. The van der Waals surface area contributed by atoms with E-state index in [1.165, 1.54) is 4.90 Å². The number of fused-ring (bicyclic) bond motifs is 4. The number of benzene rings is 2. The van der Waals surface area contributed by atoms with Gasteiger partial charge in [0, 0.05) is 18.9 Å². The van der Waals surface area contributed by atoms with Gasteiger partial charge in [-0.25, -0.2) is 9.59 Å². The average molecular weight is 459 g/mol. The Morgan fingerprint density at radius 3 is 2.41 bits per heavy atom. The number of amides is 2. The molecule has 2 amide bonds. The number of hydrogen-bond donors (Lipinski definition) is 2. The summed E-state index contributed by atoms with van der Waals surface area (Å²) in [6.45, 7) is 0.455. The zero-order valence-electron chi connectivity index (χ0n) is 18.7. The lowest BCUT2D eigenvalue weighted by molar-refractivity contribution is -0.155. The molecule has 2 aliphatic carbocycles. The number of alkyl carbamates (subject to hydrolysis) is 1. The fraction of sp³-hybridized carbons (Fsp3) is 0.370. The topological polar surface area (TPSA) is 95.9 Å². The van der Waals surface area contributed by atoms with Crippen LogP contribution in [0.4, 0.5) is 4.79 Å². The van der Waals surface area contributed by atoms with Crippen LogP contribution in [-0.2, 0) is 14.3 Å². The van der Waals surface area contributed by atoms with Crippen molar-refractivity contribution >= 4 is 18.0 Å². The zero-order valence-corrected chi connectivity index (χ0v) is 18.7. The molecule has 0 aromatic heterocycles. The van der Waals surface area contributed by atoms with E-state index in [0.29, 0.717) is 13.0 Å². The van der Waals surface area contributed by atoms with Gasteiger partial charge in [-0.1, -0.05) is 48.5 Å². The first-order valence-electron chi connectivity index (χ1n) is 11.6. The van der Waals surface area contributed by atoms with E-state index in [-0.39, 0.29) is 24.9 Å². The minimum absolute atomic E-state index is 0.0383. The molecule has 2 aromatic rings. The molecule has 0 spiro atoms. The van der Waals surface area contributed by atoms with Gasteiger partial charge in [0.25, 0.3) is 0 Å². The molecule has 174 valence electrons. The third-order valence-corrected chi connectivity index (χ3v) is 7.38. The number of carbonyl (C=O) groups excluding carboxylic acids is 2. The maximum atomic E-state index is 13.3. The summed E-state index contributed by atoms with van der Waals surface area (Å²) in [6.07, 6.45) is 6.64. The van der Waals surface area contributed by atoms with Crippen molar-refractivity contribution < 1.29 is 24.2 Å². The number of terminal acetylenes is 1. The number of carboxylic acids is 1. The lowest BCUT2D eigenvalue weighted by Gasteiger charge is -2.35. The molecule has 7 heteroatoms. The van der Waals surface area contributed by atoms with Crippen LogP contribution in [0.25, 0.3) is 11.1 Å². The van der Waals surface area contributed by atoms with E-state index in [4.69, 9.17) is 11.2 Å². The van der Waals surface area contributed by atoms with Gasteiger partial charge in [0.1, 0.15) is 18.2 Å². The van der Waals surface area contributed by atoms with Gasteiger partial charge in [-0.05, 0) is 47.4 Å². The predicted octanol–water partition coefficient (Wildman–Crippen LogP) is 3.38. The van der Waals surface area contributed by atoms with Crippen LogP contribution in [0, 0.1) is 18.3 Å². The number of carboxylic acid groups (broad SMARTS) is 1. The van der Waals surface area contributed by atoms with Crippen molar-refractivity contribution in [1.82, 2.24) is 10.2 Å². The van der Waals surface area contributed by atoms with E-state index < -0.39 is 29.6 Å². The maximum absolute atomic E-state index is 13.3. The molecule has 2 N–H and O–H groups in total. The Kier molecular flexibility index (Phi) is 5.52. The molecule has 0 radical (unpaired) electrons. The smallest absolute Gasteiger partial charge is 0.407 e. The molecule has 5 rings (SSSR count). The minimum Gasteiger partial charge on any atom is -0.479 e. The Hall–Kier alpha value is -3.79. The zero-order chi connectivity index (χ0) is 23.9. The molecule has 3 aliphatic rings. The fourth-order valence-corrected chi connectivity index (χ4v) is 5.66. The second-order valence-corrected chi connectivity index (χ2v) is 9.19.